The summed E-state index contributed by atoms with van der Waals surface area (Å²) in [5.41, 5.74) is 1.64. The Morgan fingerprint density at radius 2 is 2.12 bits per heavy atom. The van der Waals surface area contributed by atoms with E-state index in [1.807, 2.05) is 19.1 Å². The molecule has 1 aromatic carbocycles. The fraction of sp³-hybridized carbons (Fsp3) is 0.273. The van der Waals surface area contributed by atoms with Gasteiger partial charge in [-0.25, -0.2) is 0 Å². The van der Waals surface area contributed by atoms with Gasteiger partial charge in [-0.15, -0.1) is 0 Å². The highest BCUT2D eigenvalue weighted by atomic mass is 35.5. The third-order valence-corrected chi connectivity index (χ3v) is 3.52. The molecule has 2 rings (SSSR count). The van der Waals surface area contributed by atoms with Gasteiger partial charge in [0.15, 0.2) is 5.11 Å². The fourth-order valence-electron chi connectivity index (χ4n) is 1.69. The summed E-state index contributed by atoms with van der Waals surface area (Å²) in [5, 5.41) is 1.16. The van der Waals surface area contributed by atoms with E-state index in [9.17, 15) is 4.79 Å². The zero-order valence-electron chi connectivity index (χ0n) is 9.03. The lowest BCUT2D eigenvalue weighted by molar-refractivity contribution is -0.116. The quantitative estimate of drug-likeness (QED) is 0.718. The highest BCUT2D eigenvalue weighted by Crippen LogP contribution is 2.29. The third-order valence-electron chi connectivity index (χ3n) is 2.62. The number of likely N-dealkylation sites (N-methyl/N-ethyl adjacent to an activating group) is 1. The second kappa shape index (κ2) is 4.03. The first-order chi connectivity index (χ1) is 7.52. The van der Waals surface area contributed by atoms with Crippen LogP contribution < -0.4 is 4.90 Å². The Morgan fingerprint density at radius 1 is 1.44 bits per heavy atom. The molecular weight excluding hydrogens is 244 g/mol. The Hall–Kier alpha value is -1.13. The number of hydrogen-bond acceptors (Lipinski definition) is 2. The van der Waals surface area contributed by atoms with Crippen molar-refractivity contribution in [3.63, 3.8) is 0 Å². The van der Waals surface area contributed by atoms with Crippen molar-refractivity contribution in [2.45, 2.75) is 6.92 Å². The summed E-state index contributed by atoms with van der Waals surface area (Å²) < 4.78 is 0. The van der Waals surface area contributed by atoms with Crippen LogP contribution >= 0.6 is 23.8 Å². The first-order valence-corrected chi connectivity index (χ1v) is 5.64. The molecule has 16 heavy (non-hydrogen) atoms. The number of hydrogen-bond donors (Lipinski definition) is 0. The average molecular weight is 255 g/mol. The molecule has 1 fully saturated rings. The lowest BCUT2D eigenvalue weighted by Crippen LogP contribution is -2.31. The van der Waals surface area contributed by atoms with Crippen molar-refractivity contribution < 1.29 is 4.79 Å². The van der Waals surface area contributed by atoms with Crippen molar-refractivity contribution in [1.29, 1.82) is 0 Å². The summed E-state index contributed by atoms with van der Waals surface area (Å²) in [5.74, 6) is -0.0159. The van der Waals surface area contributed by atoms with Gasteiger partial charge in [0, 0.05) is 12.1 Å². The van der Waals surface area contributed by atoms with Crippen LogP contribution in [0.5, 0.6) is 0 Å². The van der Waals surface area contributed by atoms with E-state index in [1.54, 1.807) is 18.0 Å². The average Bonchev–Trinajstić information content (AvgIpc) is 2.47. The van der Waals surface area contributed by atoms with Gasteiger partial charge < -0.3 is 4.90 Å². The molecule has 0 aromatic heterocycles. The molecule has 5 heteroatoms. The number of benzene rings is 1. The predicted octanol–water partition coefficient (Wildman–Crippen LogP) is 2.21. The lowest BCUT2D eigenvalue weighted by Gasteiger charge is -2.19. The number of carbonyl (C=O) groups excluding carboxylic acids is 1. The van der Waals surface area contributed by atoms with Crippen LogP contribution in [0.3, 0.4) is 0 Å². The van der Waals surface area contributed by atoms with Crippen LogP contribution in [0.4, 0.5) is 5.69 Å². The minimum absolute atomic E-state index is 0.0159. The molecule has 1 heterocycles. The number of amides is 1. The van der Waals surface area contributed by atoms with Crippen LogP contribution in [0.15, 0.2) is 18.2 Å². The fourth-order valence-corrected chi connectivity index (χ4v) is 2.13. The highest BCUT2D eigenvalue weighted by molar-refractivity contribution is 7.80. The molecule has 1 aliphatic heterocycles. The number of rotatable bonds is 1. The summed E-state index contributed by atoms with van der Waals surface area (Å²) in [6.07, 6.45) is 0. The molecule has 0 atom stereocenters. The lowest BCUT2D eigenvalue weighted by atomic mass is 10.2. The molecule has 1 saturated heterocycles. The molecule has 0 N–H and O–H groups in total. The topological polar surface area (TPSA) is 23.6 Å². The second-order valence-corrected chi connectivity index (χ2v) is 4.52. The second-order valence-electron chi connectivity index (χ2n) is 3.75. The molecule has 0 bridgehead atoms. The number of halogens is 1. The molecule has 0 aliphatic carbocycles. The van der Waals surface area contributed by atoms with Gasteiger partial charge in [-0.1, -0.05) is 17.7 Å². The minimum Gasteiger partial charge on any atom is -0.342 e. The van der Waals surface area contributed by atoms with Crippen LogP contribution in [-0.4, -0.2) is 29.5 Å². The van der Waals surface area contributed by atoms with Gasteiger partial charge in [0.1, 0.15) is 0 Å². The predicted molar refractivity (Wildman–Crippen MR) is 68.9 cm³/mol. The molecular formula is C11H11ClN2OS. The molecule has 1 aliphatic rings. The van der Waals surface area contributed by atoms with Crippen molar-refractivity contribution >= 4 is 40.5 Å². The van der Waals surface area contributed by atoms with E-state index in [1.165, 1.54) is 4.90 Å². The monoisotopic (exact) mass is 254 g/mol. The summed E-state index contributed by atoms with van der Waals surface area (Å²) in [6, 6.07) is 5.47. The van der Waals surface area contributed by atoms with Crippen LogP contribution in [-0.2, 0) is 4.79 Å². The van der Waals surface area contributed by atoms with Crippen molar-refractivity contribution in [1.82, 2.24) is 4.90 Å². The number of thiocarbonyl (C=S) groups is 1. The van der Waals surface area contributed by atoms with Crippen LogP contribution in [0.25, 0.3) is 0 Å². The Labute approximate surface area is 105 Å². The van der Waals surface area contributed by atoms with Crippen molar-refractivity contribution in [2.75, 3.05) is 18.5 Å². The van der Waals surface area contributed by atoms with Crippen LogP contribution in [0.1, 0.15) is 5.56 Å². The summed E-state index contributed by atoms with van der Waals surface area (Å²) in [4.78, 5) is 15.1. The molecule has 0 spiro atoms. The van der Waals surface area contributed by atoms with E-state index >= 15 is 0 Å². The van der Waals surface area contributed by atoms with E-state index in [-0.39, 0.29) is 5.91 Å². The van der Waals surface area contributed by atoms with Crippen molar-refractivity contribution in [2.24, 2.45) is 0 Å². The van der Waals surface area contributed by atoms with Crippen LogP contribution in [0, 0.1) is 6.92 Å². The first kappa shape index (κ1) is 11.4. The zero-order chi connectivity index (χ0) is 11.9. The van der Waals surface area contributed by atoms with E-state index in [0.717, 1.165) is 11.3 Å². The standard InChI is InChI=1S/C11H11ClN2OS/c1-7-8(12)4-3-5-9(7)14-10(15)6-13(2)11(14)16/h3-5H,6H2,1-2H3. The van der Waals surface area contributed by atoms with E-state index in [4.69, 9.17) is 23.8 Å². The Kier molecular flexibility index (Phi) is 2.86. The van der Waals surface area contributed by atoms with E-state index < -0.39 is 0 Å². The van der Waals surface area contributed by atoms with Gasteiger partial charge in [-0.2, -0.15) is 0 Å². The van der Waals surface area contributed by atoms with Crippen LogP contribution in [0.2, 0.25) is 5.02 Å². The maximum absolute atomic E-state index is 11.8. The molecule has 0 saturated carbocycles. The van der Waals surface area contributed by atoms with Gasteiger partial charge in [0.05, 0.1) is 12.2 Å². The van der Waals surface area contributed by atoms with Crippen molar-refractivity contribution in [3.8, 4) is 0 Å². The van der Waals surface area contributed by atoms with Gasteiger partial charge in [-0.05, 0) is 36.8 Å². The molecule has 3 nitrogen and oxygen atoms in total. The molecule has 1 amide bonds. The molecule has 0 radical (unpaired) electrons. The van der Waals surface area contributed by atoms with Gasteiger partial charge in [0.2, 0.25) is 0 Å². The maximum Gasteiger partial charge on any atom is 0.252 e. The summed E-state index contributed by atoms with van der Waals surface area (Å²) in [7, 11) is 1.81. The van der Waals surface area contributed by atoms with Gasteiger partial charge >= 0.3 is 0 Å². The third kappa shape index (κ3) is 1.68. The smallest absolute Gasteiger partial charge is 0.252 e. The number of carbonyl (C=O) groups is 1. The molecule has 1 aromatic rings. The van der Waals surface area contributed by atoms with E-state index in [0.29, 0.717) is 16.7 Å². The van der Waals surface area contributed by atoms with Gasteiger partial charge in [0.25, 0.3) is 5.91 Å². The zero-order valence-corrected chi connectivity index (χ0v) is 10.6. The number of anilines is 1. The van der Waals surface area contributed by atoms with E-state index in [2.05, 4.69) is 0 Å². The Morgan fingerprint density at radius 3 is 2.69 bits per heavy atom. The number of nitrogens with zero attached hydrogens (tertiary/aromatic N) is 2. The summed E-state index contributed by atoms with van der Waals surface area (Å²) >= 11 is 11.2. The molecule has 0 unspecified atom stereocenters. The maximum atomic E-state index is 11.8. The van der Waals surface area contributed by atoms with Gasteiger partial charge in [-0.3, -0.25) is 9.69 Å². The first-order valence-electron chi connectivity index (χ1n) is 4.85. The normalized spacial score (nSPS) is 16.2. The molecule has 84 valence electrons. The van der Waals surface area contributed by atoms with Crippen molar-refractivity contribution in [3.05, 3.63) is 28.8 Å². The minimum atomic E-state index is -0.0159. The summed E-state index contributed by atoms with van der Waals surface area (Å²) in [6.45, 7) is 2.21. The Bertz CT molecular complexity index is 475. The highest BCUT2D eigenvalue weighted by Gasteiger charge is 2.32. The Balaban J connectivity index is 2.49. The SMILES string of the molecule is Cc1c(Cl)cccc1N1C(=O)CN(C)C1=S. The largest absolute Gasteiger partial charge is 0.342 e.